The molecule has 4 N–H and O–H groups in total. The molecule has 1 aromatic carbocycles. The van der Waals surface area contributed by atoms with Crippen molar-refractivity contribution in [3.8, 4) is 6.07 Å². The van der Waals surface area contributed by atoms with E-state index in [1.54, 1.807) is 38.1 Å². The summed E-state index contributed by atoms with van der Waals surface area (Å²) < 4.78 is 0. The fraction of sp³-hybridized carbons (Fsp3) is 0.235. The molecule has 0 spiro atoms. The minimum Gasteiger partial charge on any atom is -0.390 e. The number of thioether (sulfide) groups is 1. The van der Waals surface area contributed by atoms with Crippen molar-refractivity contribution in [2.45, 2.75) is 24.5 Å². The lowest BCUT2D eigenvalue weighted by Gasteiger charge is -2.16. The smallest absolute Gasteiger partial charge is 0.259 e. The zero-order valence-corrected chi connectivity index (χ0v) is 14.2. The molecule has 1 aromatic heterocycles. The van der Waals surface area contributed by atoms with Crippen molar-refractivity contribution in [2.24, 2.45) is 0 Å². The molecule has 2 aromatic rings. The number of aromatic nitrogens is 1. The standard InChI is InChI=1S/C17H18N4O2S/c1-17(2,23)10-24-16-11(9-18)8-13(14(19)21-16)15(22)20-12-6-4-3-5-7-12/h3-8,23H,10H2,1-2H3,(H2,19,21)(H,20,22). The first kappa shape index (κ1) is 17.8. The molecule has 0 aliphatic carbocycles. The third-order valence-corrected chi connectivity index (χ3v) is 4.41. The molecule has 7 heteroatoms. The van der Waals surface area contributed by atoms with E-state index in [1.807, 2.05) is 12.1 Å². The largest absolute Gasteiger partial charge is 0.390 e. The van der Waals surface area contributed by atoms with Crippen LogP contribution in [0.4, 0.5) is 11.5 Å². The molecule has 0 saturated carbocycles. The number of anilines is 2. The Balaban J connectivity index is 2.26. The predicted molar refractivity (Wildman–Crippen MR) is 94.8 cm³/mol. The van der Waals surface area contributed by atoms with E-state index >= 15 is 0 Å². The van der Waals surface area contributed by atoms with Gasteiger partial charge < -0.3 is 16.2 Å². The van der Waals surface area contributed by atoms with Crippen molar-refractivity contribution in [2.75, 3.05) is 16.8 Å². The molecule has 0 saturated heterocycles. The summed E-state index contributed by atoms with van der Waals surface area (Å²) in [4.78, 5) is 16.5. The van der Waals surface area contributed by atoms with Gasteiger partial charge in [0.25, 0.3) is 5.91 Å². The summed E-state index contributed by atoms with van der Waals surface area (Å²) in [5.41, 5.74) is 5.99. The number of nitrogens with one attached hydrogen (secondary N) is 1. The number of aliphatic hydroxyl groups is 1. The van der Waals surface area contributed by atoms with E-state index in [0.29, 0.717) is 16.5 Å². The average Bonchev–Trinajstić information content (AvgIpc) is 2.53. The van der Waals surface area contributed by atoms with Gasteiger partial charge in [-0.15, -0.1) is 11.8 Å². The van der Waals surface area contributed by atoms with Crippen molar-refractivity contribution in [3.05, 3.63) is 47.5 Å². The first-order valence-electron chi connectivity index (χ1n) is 7.22. The number of pyridine rings is 1. The van der Waals surface area contributed by atoms with Gasteiger partial charge in [-0.3, -0.25) is 4.79 Å². The van der Waals surface area contributed by atoms with Gasteiger partial charge in [-0.25, -0.2) is 4.98 Å². The maximum Gasteiger partial charge on any atom is 0.259 e. The zero-order chi connectivity index (χ0) is 17.7. The number of rotatable bonds is 5. The van der Waals surface area contributed by atoms with Gasteiger partial charge in [0.15, 0.2) is 0 Å². The van der Waals surface area contributed by atoms with E-state index in [1.165, 1.54) is 17.8 Å². The van der Waals surface area contributed by atoms with E-state index < -0.39 is 11.5 Å². The highest BCUT2D eigenvalue weighted by molar-refractivity contribution is 7.99. The van der Waals surface area contributed by atoms with Crippen LogP contribution in [0.1, 0.15) is 29.8 Å². The second kappa shape index (κ2) is 7.34. The monoisotopic (exact) mass is 342 g/mol. The van der Waals surface area contributed by atoms with Crippen LogP contribution in [0.25, 0.3) is 0 Å². The van der Waals surface area contributed by atoms with Gasteiger partial charge >= 0.3 is 0 Å². The Morgan fingerprint density at radius 1 is 1.42 bits per heavy atom. The Labute approximate surface area is 144 Å². The molecule has 0 aliphatic rings. The van der Waals surface area contributed by atoms with Crippen LogP contribution in [0, 0.1) is 11.3 Å². The molecule has 124 valence electrons. The summed E-state index contributed by atoms with van der Waals surface area (Å²) in [6.45, 7) is 3.33. The average molecular weight is 342 g/mol. The highest BCUT2D eigenvalue weighted by Gasteiger charge is 2.19. The molecule has 0 radical (unpaired) electrons. The van der Waals surface area contributed by atoms with Gasteiger partial charge in [-0.05, 0) is 32.0 Å². The Morgan fingerprint density at radius 2 is 2.08 bits per heavy atom. The van der Waals surface area contributed by atoms with Gasteiger partial charge in [-0.1, -0.05) is 18.2 Å². The van der Waals surface area contributed by atoms with Crippen LogP contribution in [-0.2, 0) is 0 Å². The summed E-state index contributed by atoms with van der Waals surface area (Å²) >= 11 is 1.22. The van der Waals surface area contributed by atoms with Gasteiger partial charge in [0.2, 0.25) is 0 Å². The minimum atomic E-state index is -0.906. The molecule has 1 heterocycles. The summed E-state index contributed by atoms with van der Waals surface area (Å²) in [6, 6.07) is 12.4. The van der Waals surface area contributed by atoms with Crippen molar-refractivity contribution in [3.63, 3.8) is 0 Å². The number of nitrogen functional groups attached to an aromatic ring is 1. The maximum absolute atomic E-state index is 12.3. The molecule has 0 atom stereocenters. The van der Waals surface area contributed by atoms with Gasteiger partial charge in [0.1, 0.15) is 16.9 Å². The van der Waals surface area contributed by atoms with Gasteiger partial charge in [0, 0.05) is 11.4 Å². The topological polar surface area (TPSA) is 112 Å². The van der Waals surface area contributed by atoms with Crippen molar-refractivity contribution in [1.29, 1.82) is 5.26 Å². The predicted octanol–water partition coefficient (Wildman–Crippen LogP) is 2.65. The van der Waals surface area contributed by atoms with Gasteiger partial charge in [0.05, 0.1) is 16.7 Å². The lowest BCUT2D eigenvalue weighted by atomic mass is 10.2. The highest BCUT2D eigenvalue weighted by atomic mass is 32.2. The maximum atomic E-state index is 12.3. The van der Waals surface area contributed by atoms with E-state index in [0.717, 1.165) is 0 Å². The first-order valence-corrected chi connectivity index (χ1v) is 8.21. The van der Waals surface area contributed by atoms with Crippen LogP contribution in [0.5, 0.6) is 0 Å². The van der Waals surface area contributed by atoms with Crippen molar-refractivity contribution < 1.29 is 9.90 Å². The highest BCUT2D eigenvalue weighted by Crippen LogP contribution is 2.27. The number of amides is 1. The molecule has 1 amide bonds. The van der Waals surface area contributed by atoms with Crippen LogP contribution < -0.4 is 11.1 Å². The molecule has 0 unspecified atom stereocenters. The van der Waals surface area contributed by atoms with Crippen LogP contribution in [0.15, 0.2) is 41.4 Å². The molecular formula is C17H18N4O2S. The number of nitrogens with zero attached hydrogens (tertiary/aromatic N) is 2. The second-order valence-corrected chi connectivity index (χ2v) is 6.77. The van der Waals surface area contributed by atoms with Crippen LogP contribution in [0.3, 0.4) is 0 Å². The number of para-hydroxylation sites is 1. The number of benzene rings is 1. The second-order valence-electron chi connectivity index (χ2n) is 5.81. The lowest BCUT2D eigenvalue weighted by Crippen LogP contribution is -2.22. The van der Waals surface area contributed by atoms with E-state index in [-0.39, 0.29) is 16.9 Å². The molecule has 0 bridgehead atoms. The molecule has 6 nitrogen and oxygen atoms in total. The lowest BCUT2D eigenvalue weighted by molar-refractivity contribution is 0.102. The summed E-state index contributed by atoms with van der Waals surface area (Å²) in [5.74, 6) is -0.0358. The Morgan fingerprint density at radius 3 is 2.67 bits per heavy atom. The molecule has 24 heavy (non-hydrogen) atoms. The SMILES string of the molecule is CC(C)(O)CSc1nc(N)c(C(=O)Nc2ccccc2)cc1C#N. The van der Waals surface area contributed by atoms with Crippen LogP contribution in [-0.4, -0.2) is 27.4 Å². The zero-order valence-electron chi connectivity index (χ0n) is 13.4. The fourth-order valence-electron chi connectivity index (χ4n) is 1.85. The summed E-state index contributed by atoms with van der Waals surface area (Å²) in [7, 11) is 0. The molecular weight excluding hydrogens is 324 g/mol. The number of hydrogen-bond acceptors (Lipinski definition) is 6. The third kappa shape index (κ3) is 4.72. The summed E-state index contributed by atoms with van der Waals surface area (Å²) in [5, 5.41) is 22.2. The Kier molecular flexibility index (Phi) is 5.44. The van der Waals surface area contributed by atoms with Crippen molar-refractivity contribution >= 4 is 29.2 Å². The fourth-order valence-corrected chi connectivity index (χ4v) is 2.76. The van der Waals surface area contributed by atoms with Crippen LogP contribution in [0.2, 0.25) is 0 Å². The number of nitriles is 1. The van der Waals surface area contributed by atoms with E-state index in [9.17, 15) is 15.2 Å². The molecule has 0 aliphatic heterocycles. The van der Waals surface area contributed by atoms with Gasteiger partial charge in [-0.2, -0.15) is 5.26 Å². The molecule has 0 fully saturated rings. The Hall–Kier alpha value is -2.56. The van der Waals surface area contributed by atoms with E-state index in [4.69, 9.17) is 5.73 Å². The number of carbonyl (C=O) groups is 1. The molecule has 2 rings (SSSR count). The summed E-state index contributed by atoms with van der Waals surface area (Å²) in [6.07, 6.45) is 0. The Bertz CT molecular complexity index is 780. The quantitative estimate of drug-likeness (QED) is 0.720. The van der Waals surface area contributed by atoms with Crippen LogP contribution >= 0.6 is 11.8 Å². The van der Waals surface area contributed by atoms with Crippen molar-refractivity contribution in [1.82, 2.24) is 4.98 Å². The number of hydrogen-bond donors (Lipinski definition) is 3. The first-order chi connectivity index (χ1) is 11.3. The minimum absolute atomic E-state index is 0.0423. The number of carbonyl (C=O) groups excluding carboxylic acids is 1. The number of nitrogens with two attached hydrogens (primary N) is 1. The third-order valence-electron chi connectivity index (χ3n) is 2.98. The normalized spacial score (nSPS) is 10.9. The van der Waals surface area contributed by atoms with E-state index in [2.05, 4.69) is 10.3 Å².